The average molecular weight is 266 g/mol. The molecule has 2 saturated carbocycles. The molecule has 2 aliphatic rings. The second-order valence-corrected chi connectivity index (χ2v) is 6.99. The third-order valence-corrected chi connectivity index (χ3v) is 4.96. The summed E-state index contributed by atoms with van der Waals surface area (Å²) in [4.78, 5) is 14.5. The van der Waals surface area contributed by atoms with E-state index in [4.69, 9.17) is 5.73 Å². The normalized spacial score (nSPS) is 33.1. The van der Waals surface area contributed by atoms with E-state index in [1.165, 1.54) is 32.1 Å². The quantitative estimate of drug-likeness (QED) is 0.854. The fourth-order valence-corrected chi connectivity index (χ4v) is 4.02. The molecule has 3 atom stereocenters. The van der Waals surface area contributed by atoms with Gasteiger partial charge in [0, 0.05) is 25.6 Å². The molecule has 0 aromatic rings. The Balaban J connectivity index is 1.83. The highest BCUT2D eigenvalue weighted by molar-refractivity contribution is 5.78. The molecular formula is C16H30N2O. The van der Waals surface area contributed by atoms with Gasteiger partial charge in [-0.1, -0.05) is 26.2 Å². The van der Waals surface area contributed by atoms with E-state index in [9.17, 15) is 4.79 Å². The Morgan fingerprint density at radius 2 is 1.84 bits per heavy atom. The van der Waals surface area contributed by atoms with E-state index in [0.717, 1.165) is 31.7 Å². The molecule has 0 bridgehead atoms. The Labute approximate surface area is 117 Å². The van der Waals surface area contributed by atoms with E-state index in [1.807, 2.05) is 11.9 Å². The number of nitrogens with zero attached hydrogens (tertiary/aromatic N) is 1. The number of carbonyl (C=O) groups is 1. The maximum atomic E-state index is 12.5. The topological polar surface area (TPSA) is 46.3 Å². The molecule has 0 aromatic carbocycles. The van der Waals surface area contributed by atoms with E-state index < -0.39 is 0 Å². The summed E-state index contributed by atoms with van der Waals surface area (Å²) in [6.07, 6.45) is 9.67. The first kappa shape index (κ1) is 14.8. The summed E-state index contributed by atoms with van der Waals surface area (Å²) in [7, 11) is 1.99. The van der Waals surface area contributed by atoms with Crippen LogP contribution in [-0.2, 0) is 4.79 Å². The minimum absolute atomic E-state index is 0.173. The molecule has 0 radical (unpaired) electrons. The molecule has 2 aliphatic carbocycles. The van der Waals surface area contributed by atoms with Gasteiger partial charge in [0.05, 0.1) is 0 Å². The van der Waals surface area contributed by atoms with E-state index in [-0.39, 0.29) is 12.0 Å². The number of nitrogens with two attached hydrogens (primary N) is 1. The molecule has 3 heteroatoms. The van der Waals surface area contributed by atoms with Gasteiger partial charge in [-0.2, -0.15) is 0 Å². The fraction of sp³-hybridized carbons (Fsp3) is 0.938. The molecule has 3 unspecified atom stereocenters. The van der Waals surface area contributed by atoms with Crippen LogP contribution in [0.4, 0.5) is 0 Å². The molecule has 0 heterocycles. The predicted molar refractivity (Wildman–Crippen MR) is 78.7 cm³/mol. The first-order valence-electron chi connectivity index (χ1n) is 8.06. The van der Waals surface area contributed by atoms with Gasteiger partial charge in [-0.3, -0.25) is 4.79 Å². The maximum absolute atomic E-state index is 12.5. The number of hydrogen-bond acceptors (Lipinski definition) is 2. The SMILES string of the molecule is CC1CC(N)CC(C(=O)N(C)CC2CCCCC2)C1. The van der Waals surface area contributed by atoms with E-state index in [1.54, 1.807) is 0 Å². The van der Waals surface area contributed by atoms with Crippen molar-refractivity contribution in [1.82, 2.24) is 4.90 Å². The number of amides is 1. The number of carbonyl (C=O) groups excluding carboxylic acids is 1. The van der Waals surface area contributed by atoms with E-state index in [0.29, 0.717) is 11.8 Å². The third kappa shape index (κ3) is 4.20. The summed E-state index contributed by atoms with van der Waals surface area (Å²) in [6, 6.07) is 0.223. The lowest BCUT2D eigenvalue weighted by atomic mass is 9.79. The van der Waals surface area contributed by atoms with Crippen molar-refractivity contribution in [2.45, 2.75) is 64.3 Å². The molecule has 0 aromatic heterocycles. The number of rotatable bonds is 3. The lowest BCUT2D eigenvalue weighted by molar-refractivity contribution is -0.136. The minimum Gasteiger partial charge on any atom is -0.345 e. The van der Waals surface area contributed by atoms with Crippen LogP contribution in [0.1, 0.15) is 58.3 Å². The standard InChI is InChI=1S/C16H30N2O/c1-12-8-14(10-15(17)9-12)16(19)18(2)11-13-6-4-3-5-7-13/h12-15H,3-11,17H2,1-2H3. The Morgan fingerprint density at radius 3 is 2.47 bits per heavy atom. The zero-order valence-corrected chi connectivity index (χ0v) is 12.6. The summed E-state index contributed by atoms with van der Waals surface area (Å²) < 4.78 is 0. The van der Waals surface area contributed by atoms with Crippen LogP contribution in [0.3, 0.4) is 0 Å². The van der Waals surface area contributed by atoms with Gasteiger partial charge in [-0.25, -0.2) is 0 Å². The molecule has 110 valence electrons. The molecule has 19 heavy (non-hydrogen) atoms. The zero-order valence-electron chi connectivity index (χ0n) is 12.6. The highest BCUT2D eigenvalue weighted by Crippen LogP contribution is 2.30. The molecule has 2 rings (SSSR count). The monoisotopic (exact) mass is 266 g/mol. The first-order valence-corrected chi connectivity index (χ1v) is 8.06. The summed E-state index contributed by atoms with van der Waals surface area (Å²) in [6.45, 7) is 3.18. The van der Waals surface area contributed by atoms with Crippen molar-refractivity contribution in [2.24, 2.45) is 23.5 Å². The molecule has 0 spiro atoms. The second kappa shape index (κ2) is 6.74. The van der Waals surface area contributed by atoms with Gasteiger partial charge in [0.2, 0.25) is 5.91 Å². The second-order valence-electron chi connectivity index (χ2n) is 6.99. The van der Waals surface area contributed by atoms with Crippen LogP contribution in [0, 0.1) is 17.8 Å². The molecule has 0 aliphatic heterocycles. The Hall–Kier alpha value is -0.570. The Morgan fingerprint density at radius 1 is 1.16 bits per heavy atom. The molecule has 1 amide bonds. The molecule has 0 saturated heterocycles. The predicted octanol–water partition coefficient (Wildman–Crippen LogP) is 2.79. The van der Waals surface area contributed by atoms with Gasteiger partial charge in [-0.05, 0) is 43.9 Å². The van der Waals surface area contributed by atoms with Crippen molar-refractivity contribution in [3.8, 4) is 0 Å². The smallest absolute Gasteiger partial charge is 0.225 e. The van der Waals surface area contributed by atoms with Gasteiger partial charge in [0.1, 0.15) is 0 Å². The summed E-state index contributed by atoms with van der Waals surface area (Å²) >= 11 is 0. The van der Waals surface area contributed by atoms with E-state index >= 15 is 0 Å². The van der Waals surface area contributed by atoms with Gasteiger partial charge in [-0.15, -0.1) is 0 Å². The molecular weight excluding hydrogens is 236 g/mol. The van der Waals surface area contributed by atoms with Gasteiger partial charge < -0.3 is 10.6 Å². The van der Waals surface area contributed by atoms with Crippen LogP contribution in [0.5, 0.6) is 0 Å². The van der Waals surface area contributed by atoms with Crippen molar-refractivity contribution < 1.29 is 4.79 Å². The number of hydrogen-bond donors (Lipinski definition) is 1. The Bertz CT molecular complexity index is 289. The van der Waals surface area contributed by atoms with Crippen LogP contribution in [0.25, 0.3) is 0 Å². The highest BCUT2D eigenvalue weighted by Gasteiger charge is 2.31. The van der Waals surface area contributed by atoms with Crippen LogP contribution >= 0.6 is 0 Å². The fourth-order valence-electron chi connectivity index (χ4n) is 4.02. The molecule has 2 N–H and O–H groups in total. The summed E-state index contributed by atoms with van der Waals surface area (Å²) in [5, 5.41) is 0. The maximum Gasteiger partial charge on any atom is 0.225 e. The average Bonchev–Trinajstić information content (AvgIpc) is 2.37. The first-order chi connectivity index (χ1) is 9.06. The van der Waals surface area contributed by atoms with Crippen molar-refractivity contribution in [3.05, 3.63) is 0 Å². The lowest BCUT2D eigenvalue weighted by Crippen LogP contribution is -2.42. The van der Waals surface area contributed by atoms with Gasteiger partial charge in [0.25, 0.3) is 0 Å². The Kier molecular flexibility index (Phi) is 5.26. The lowest BCUT2D eigenvalue weighted by Gasteiger charge is -2.34. The van der Waals surface area contributed by atoms with E-state index in [2.05, 4.69) is 6.92 Å². The minimum atomic E-state index is 0.173. The third-order valence-electron chi connectivity index (χ3n) is 4.96. The summed E-state index contributed by atoms with van der Waals surface area (Å²) in [5.41, 5.74) is 6.07. The van der Waals surface area contributed by atoms with Crippen molar-refractivity contribution in [1.29, 1.82) is 0 Å². The van der Waals surface area contributed by atoms with Gasteiger partial charge >= 0.3 is 0 Å². The largest absolute Gasteiger partial charge is 0.345 e. The van der Waals surface area contributed by atoms with Crippen LogP contribution < -0.4 is 5.73 Å². The van der Waals surface area contributed by atoms with Crippen molar-refractivity contribution in [3.63, 3.8) is 0 Å². The van der Waals surface area contributed by atoms with Crippen LogP contribution in [0.2, 0.25) is 0 Å². The zero-order chi connectivity index (χ0) is 13.8. The molecule has 2 fully saturated rings. The van der Waals surface area contributed by atoms with Crippen molar-refractivity contribution >= 4 is 5.91 Å². The van der Waals surface area contributed by atoms with Crippen molar-refractivity contribution in [2.75, 3.05) is 13.6 Å². The van der Waals surface area contributed by atoms with Crippen LogP contribution in [0.15, 0.2) is 0 Å². The highest BCUT2D eigenvalue weighted by atomic mass is 16.2. The van der Waals surface area contributed by atoms with Crippen LogP contribution in [-0.4, -0.2) is 30.4 Å². The molecule has 3 nitrogen and oxygen atoms in total. The summed E-state index contributed by atoms with van der Waals surface area (Å²) in [5.74, 6) is 1.85. The van der Waals surface area contributed by atoms with Gasteiger partial charge in [0.15, 0.2) is 0 Å².